The molecule has 0 saturated heterocycles. The molecular formula is C28H25FN4O2S. The molecule has 0 unspecified atom stereocenters. The third-order valence-corrected chi connectivity index (χ3v) is 7.37. The van der Waals surface area contributed by atoms with E-state index in [-0.39, 0.29) is 24.3 Å². The standard InChI is InChI=1S/C28H25FN4O2S/c1-17-8-11-20(12-9-17)24-15-23(19-6-4-3-5-7-19)32-33(24)28-31-27(35)25(36-28)16-26(34)30-21-13-10-18(2)22(29)14-21/h3-14,24-25H,15-16H2,1-2H3,(H,30,34)/t24-,25+/m0/s1. The number of aryl methyl sites for hydroxylation is 2. The van der Waals surface area contributed by atoms with E-state index in [0.29, 0.717) is 22.8 Å². The van der Waals surface area contributed by atoms with Gasteiger partial charge in [-0.05, 0) is 42.7 Å². The number of nitrogens with zero attached hydrogens (tertiary/aromatic N) is 3. The maximum atomic E-state index is 13.8. The average molecular weight is 501 g/mol. The monoisotopic (exact) mass is 500 g/mol. The number of anilines is 1. The molecule has 0 spiro atoms. The second-order valence-corrected chi connectivity index (χ2v) is 10.1. The topological polar surface area (TPSA) is 74.1 Å². The maximum absolute atomic E-state index is 13.8. The second kappa shape index (κ2) is 10.1. The molecule has 0 bridgehead atoms. The number of hydrazone groups is 1. The first-order valence-electron chi connectivity index (χ1n) is 11.7. The highest BCUT2D eigenvalue weighted by molar-refractivity contribution is 8.15. The molecule has 2 aliphatic rings. The Labute approximate surface area is 213 Å². The minimum Gasteiger partial charge on any atom is -0.326 e. The molecule has 3 aromatic rings. The normalized spacial score (nSPS) is 19.3. The molecule has 2 atom stereocenters. The molecule has 8 heteroatoms. The van der Waals surface area contributed by atoms with E-state index in [1.54, 1.807) is 19.1 Å². The minimum atomic E-state index is -0.662. The van der Waals surface area contributed by atoms with E-state index in [2.05, 4.69) is 34.6 Å². The molecular weight excluding hydrogens is 475 g/mol. The summed E-state index contributed by atoms with van der Waals surface area (Å²) in [4.78, 5) is 29.6. The molecule has 36 heavy (non-hydrogen) atoms. The molecule has 0 fully saturated rings. The first-order chi connectivity index (χ1) is 17.4. The number of thioether (sulfide) groups is 1. The van der Waals surface area contributed by atoms with E-state index in [4.69, 9.17) is 5.10 Å². The highest BCUT2D eigenvalue weighted by Gasteiger charge is 2.39. The maximum Gasteiger partial charge on any atom is 0.262 e. The summed E-state index contributed by atoms with van der Waals surface area (Å²) in [6.45, 7) is 3.69. The molecule has 2 amide bonds. The Hall–Kier alpha value is -3.78. The van der Waals surface area contributed by atoms with Crippen LogP contribution in [0.25, 0.3) is 0 Å². The zero-order chi connectivity index (χ0) is 25.2. The van der Waals surface area contributed by atoms with E-state index in [0.717, 1.165) is 22.4 Å². The first kappa shape index (κ1) is 23.9. The van der Waals surface area contributed by atoms with Gasteiger partial charge in [0.15, 0.2) is 5.17 Å². The molecule has 6 nitrogen and oxygen atoms in total. The van der Waals surface area contributed by atoms with Crippen LogP contribution in [-0.4, -0.2) is 33.0 Å². The number of benzene rings is 3. The summed E-state index contributed by atoms with van der Waals surface area (Å²) in [7, 11) is 0. The summed E-state index contributed by atoms with van der Waals surface area (Å²) >= 11 is 1.24. The average Bonchev–Trinajstić information content (AvgIpc) is 3.46. The molecule has 2 heterocycles. The number of rotatable bonds is 5. The van der Waals surface area contributed by atoms with Gasteiger partial charge in [0.2, 0.25) is 5.91 Å². The van der Waals surface area contributed by atoms with Crippen LogP contribution in [0.4, 0.5) is 10.1 Å². The van der Waals surface area contributed by atoms with Crippen LogP contribution in [0.5, 0.6) is 0 Å². The van der Waals surface area contributed by atoms with Crippen LogP contribution in [0.2, 0.25) is 0 Å². The van der Waals surface area contributed by atoms with Crippen molar-refractivity contribution < 1.29 is 14.0 Å². The quantitative estimate of drug-likeness (QED) is 0.493. The lowest BCUT2D eigenvalue weighted by molar-refractivity contribution is -0.121. The van der Waals surface area contributed by atoms with Crippen LogP contribution in [-0.2, 0) is 9.59 Å². The van der Waals surface area contributed by atoms with E-state index < -0.39 is 11.1 Å². The van der Waals surface area contributed by atoms with Crippen LogP contribution >= 0.6 is 11.8 Å². The van der Waals surface area contributed by atoms with Crippen LogP contribution in [0, 0.1) is 19.7 Å². The van der Waals surface area contributed by atoms with Gasteiger partial charge in [0.1, 0.15) is 11.1 Å². The lowest BCUT2D eigenvalue weighted by atomic mass is 9.98. The van der Waals surface area contributed by atoms with Gasteiger partial charge >= 0.3 is 0 Å². The van der Waals surface area contributed by atoms with Crippen molar-refractivity contribution in [2.75, 3.05) is 5.32 Å². The Morgan fingerprint density at radius 2 is 1.83 bits per heavy atom. The lowest BCUT2D eigenvalue weighted by Crippen LogP contribution is -2.25. The smallest absolute Gasteiger partial charge is 0.262 e. The van der Waals surface area contributed by atoms with Gasteiger partial charge in [-0.1, -0.05) is 78.0 Å². The summed E-state index contributed by atoms with van der Waals surface area (Å²) in [5.41, 5.74) is 5.03. The number of nitrogens with one attached hydrogen (secondary N) is 1. The molecule has 5 rings (SSSR count). The minimum absolute atomic E-state index is 0.0652. The number of carbonyl (C=O) groups excluding carboxylic acids is 2. The molecule has 0 saturated carbocycles. The van der Waals surface area contributed by atoms with Crippen molar-refractivity contribution in [1.82, 2.24) is 5.01 Å². The van der Waals surface area contributed by atoms with Crippen molar-refractivity contribution in [2.24, 2.45) is 10.1 Å². The Morgan fingerprint density at radius 1 is 1.08 bits per heavy atom. The van der Waals surface area contributed by atoms with Crippen molar-refractivity contribution in [1.29, 1.82) is 0 Å². The fourth-order valence-corrected chi connectivity index (χ4v) is 5.26. The third-order valence-electron chi connectivity index (χ3n) is 6.23. The molecule has 3 aromatic carbocycles. The SMILES string of the molecule is Cc1ccc([C@@H]2CC(c3ccccc3)=NN2C2=NC(=O)[C@@H](CC(=O)Nc3ccc(C)c(F)c3)S2)cc1. The molecule has 1 N–H and O–H groups in total. The van der Waals surface area contributed by atoms with Crippen LogP contribution < -0.4 is 5.32 Å². The van der Waals surface area contributed by atoms with Gasteiger partial charge in [-0.3, -0.25) is 9.59 Å². The van der Waals surface area contributed by atoms with Crippen LogP contribution in [0.15, 0.2) is 82.9 Å². The molecule has 0 aliphatic carbocycles. The highest BCUT2D eigenvalue weighted by Crippen LogP contribution is 2.38. The summed E-state index contributed by atoms with van der Waals surface area (Å²) in [6, 6.07) is 22.6. The fraction of sp³-hybridized carbons (Fsp3) is 0.214. The van der Waals surface area contributed by atoms with Gasteiger partial charge in [0.05, 0.1) is 11.8 Å². The number of carbonyl (C=O) groups is 2. The van der Waals surface area contributed by atoms with E-state index >= 15 is 0 Å². The van der Waals surface area contributed by atoms with Crippen molar-refractivity contribution in [3.05, 3.63) is 101 Å². The van der Waals surface area contributed by atoms with E-state index in [1.165, 1.54) is 17.8 Å². The van der Waals surface area contributed by atoms with E-state index in [1.807, 2.05) is 42.3 Å². The van der Waals surface area contributed by atoms with Crippen molar-refractivity contribution in [3.8, 4) is 0 Å². The van der Waals surface area contributed by atoms with Crippen molar-refractivity contribution >= 4 is 40.1 Å². The predicted octanol–water partition coefficient (Wildman–Crippen LogP) is 5.62. The molecule has 0 radical (unpaired) electrons. The van der Waals surface area contributed by atoms with Gasteiger partial charge in [-0.2, -0.15) is 10.1 Å². The van der Waals surface area contributed by atoms with Gasteiger partial charge in [-0.25, -0.2) is 9.40 Å². The Kier molecular flexibility index (Phi) is 6.69. The summed E-state index contributed by atoms with van der Waals surface area (Å²) < 4.78 is 13.8. The highest BCUT2D eigenvalue weighted by atomic mass is 32.2. The van der Waals surface area contributed by atoms with Crippen molar-refractivity contribution in [2.45, 2.75) is 38.0 Å². The first-order valence-corrected chi connectivity index (χ1v) is 12.6. The van der Waals surface area contributed by atoms with Gasteiger partial charge < -0.3 is 5.32 Å². The molecule has 182 valence electrons. The van der Waals surface area contributed by atoms with E-state index in [9.17, 15) is 14.0 Å². The number of hydrogen-bond acceptors (Lipinski definition) is 5. The Morgan fingerprint density at radius 3 is 2.56 bits per heavy atom. The zero-order valence-corrected chi connectivity index (χ0v) is 20.8. The summed E-state index contributed by atoms with van der Waals surface area (Å²) in [6.07, 6.45) is 0.606. The number of halogens is 1. The molecule has 2 aliphatic heterocycles. The largest absolute Gasteiger partial charge is 0.326 e. The Balaban J connectivity index is 1.33. The third kappa shape index (κ3) is 5.09. The summed E-state index contributed by atoms with van der Waals surface area (Å²) in [5, 5.41) is 9.16. The van der Waals surface area contributed by atoms with Crippen LogP contribution in [0.1, 0.15) is 41.1 Å². The van der Waals surface area contributed by atoms with Crippen LogP contribution in [0.3, 0.4) is 0 Å². The number of amidine groups is 1. The number of amides is 2. The summed E-state index contributed by atoms with van der Waals surface area (Å²) in [5.74, 6) is -1.13. The van der Waals surface area contributed by atoms with Gasteiger partial charge in [-0.15, -0.1) is 0 Å². The molecule has 0 aromatic heterocycles. The Bertz CT molecular complexity index is 1370. The fourth-order valence-electron chi connectivity index (χ4n) is 4.20. The predicted molar refractivity (Wildman–Crippen MR) is 142 cm³/mol. The van der Waals surface area contributed by atoms with Gasteiger partial charge in [0, 0.05) is 18.5 Å². The zero-order valence-electron chi connectivity index (χ0n) is 19.9. The lowest BCUT2D eigenvalue weighted by Gasteiger charge is -2.23. The van der Waals surface area contributed by atoms with Gasteiger partial charge in [0.25, 0.3) is 5.91 Å². The number of hydrogen-bond donors (Lipinski definition) is 1. The second-order valence-electron chi connectivity index (χ2n) is 8.94. The van der Waals surface area contributed by atoms with Crippen molar-refractivity contribution in [3.63, 3.8) is 0 Å². The number of aliphatic imine (C=N–C) groups is 1.